The van der Waals surface area contributed by atoms with Gasteiger partial charge in [0.15, 0.2) is 5.78 Å². The maximum atomic E-state index is 13.2. The Morgan fingerprint density at radius 3 is 2.50 bits per heavy atom. The highest BCUT2D eigenvalue weighted by Gasteiger charge is 2.43. The summed E-state index contributed by atoms with van der Waals surface area (Å²) in [5.41, 5.74) is 1.62. The number of hydrogen-bond donors (Lipinski definition) is 0. The van der Waals surface area contributed by atoms with Crippen LogP contribution in [-0.2, 0) is 9.53 Å². The fourth-order valence-corrected chi connectivity index (χ4v) is 4.54. The second-order valence-corrected chi connectivity index (χ2v) is 9.50. The zero-order valence-corrected chi connectivity index (χ0v) is 19.2. The van der Waals surface area contributed by atoms with Crippen molar-refractivity contribution in [2.24, 2.45) is 10.4 Å². The number of rotatable bonds is 4. The third kappa shape index (κ3) is 4.42. The van der Waals surface area contributed by atoms with E-state index in [-0.39, 0.29) is 17.1 Å². The largest absolute Gasteiger partial charge is 0.497 e. The first-order valence-electron chi connectivity index (χ1n) is 11.0. The monoisotopic (exact) mass is 434 g/mol. The molecule has 1 saturated heterocycles. The Kier molecular flexibility index (Phi) is 6.07. The molecule has 0 radical (unpaired) electrons. The number of benzene rings is 1. The Labute approximate surface area is 189 Å². The van der Waals surface area contributed by atoms with Gasteiger partial charge in [0.05, 0.1) is 19.4 Å². The third-order valence-corrected chi connectivity index (χ3v) is 6.35. The summed E-state index contributed by atoms with van der Waals surface area (Å²) >= 11 is 0. The molecule has 1 aromatic carbocycles. The molecule has 0 unspecified atom stereocenters. The zero-order chi connectivity index (χ0) is 22.9. The van der Waals surface area contributed by atoms with Crippen LogP contribution in [0.25, 0.3) is 0 Å². The Balaban J connectivity index is 1.75. The van der Waals surface area contributed by atoms with Crippen molar-refractivity contribution in [1.29, 1.82) is 5.26 Å². The molecular formula is C25H30N4O3. The maximum Gasteiger partial charge on any atom is 0.235 e. The fourth-order valence-electron chi connectivity index (χ4n) is 4.54. The predicted molar refractivity (Wildman–Crippen MR) is 122 cm³/mol. The van der Waals surface area contributed by atoms with Gasteiger partial charge in [0.2, 0.25) is 5.88 Å². The molecule has 4 rings (SSSR count). The molecule has 7 heteroatoms. The molecule has 1 aliphatic carbocycles. The van der Waals surface area contributed by atoms with Crippen molar-refractivity contribution in [1.82, 2.24) is 9.80 Å². The van der Waals surface area contributed by atoms with Crippen LogP contribution in [0.2, 0.25) is 0 Å². The van der Waals surface area contributed by atoms with Crippen molar-refractivity contribution in [2.45, 2.75) is 32.6 Å². The van der Waals surface area contributed by atoms with Crippen molar-refractivity contribution in [3.05, 3.63) is 52.6 Å². The number of likely N-dealkylation sites (N-methyl/N-ethyl adjacent to an activating group) is 1. The lowest BCUT2D eigenvalue weighted by atomic mass is 9.70. The number of piperazine rings is 1. The topological polar surface area (TPSA) is 78.2 Å². The highest BCUT2D eigenvalue weighted by atomic mass is 16.5. The summed E-state index contributed by atoms with van der Waals surface area (Å²) in [5.74, 6) is 1.19. The fraction of sp³-hybridized carbons (Fsp3) is 0.480. The average molecular weight is 435 g/mol. The maximum absolute atomic E-state index is 13.2. The normalized spacial score (nSPS) is 23.8. The summed E-state index contributed by atoms with van der Waals surface area (Å²) < 4.78 is 11.5. The number of nitriles is 1. The van der Waals surface area contributed by atoms with Gasteiger partial charge in [0, 0.05) is 44.6 Å². The van der Waals surface area contributed by atoms with Gasteiger partial charge in [-0.25, -0.2) is 4.99 Å². The first-order chi connectivity index (χ1) is 15.3. The summed E-state index contributed by atoms with van der Waals surface area (Å²) in [7, 11) is 3.72. The molecule has 0 bridgehead atoms. The number of aliphatic imine (C=N–C) groups is 1. The molecule has 0 saturated carbocycles. The number of ketones is 1. The molecule has 32 heavy (non-hydrogen) atoms. The molecule has 0 aromatic heterocycles. The van der Waals surface area contributed by atoms with E-state index in [0.717, 1.165) is 37.5 Å². The van der Waals surface area contributed by atoms with Crippen molar-refractivity contribution < 1.29 is 14.3 Å². The van der Waals surface area contributed by atoms with Crippen LogP contribution in [0.15, 0.2) is 52.0 Å². The van der Waals surface area contributed by atoms with E-state index >= 15 is 0 Å². The van der Waals surface area contributed by atoms with Gasteiger partial charge < -0.3 is 19.3 Å². The van der Waals surface area contributed by atoms with Gasteiger partial charge in [-0.05, 0) is 30.2 Å². The zero-order valence-electron chi connectivity index (χ0n) is 19.2. The summed E-state index contributed by atoms with van der Waals surface area (Å²) in [5, 5.41) is 10.1. The number of allylic oxidation sites excluding steroid dienone is 3. The summed E-state index contributed by atoms with van der Waals surface area (Å²) in [6.07, 6.45) is 2.83. The van der Waals surface area contributed by atoms with E-state index in [9.17, 15) is 10.1 Å². The average Bonchev–Trinajstić information content (AvgIpc) is 2.77. The Hall–Kier alpha value is -3.11. The van der Waals surface area contributed by atoms with Crippen LogP contribution in [0.3, 0.4) is 0 Å². The smallest absolute Gasteiger partial charge is 0.235 e. The second-order valence-electron chi connectivity index (χ2n) is 9.50. The number of carbonyl (C=O) groups is 1. The van der Waals surface area contributed by atoms with Gasteiger partial charge in [-0.1, -0.05) is 26.0 Å². The minimum Gasteiger partial charge on any atom is -0.497 e. The van der Waals surface area contributed by atoms with Crippen LogP contribution in [0.1, 0.15) is 38.2 Å². The van der Waals surface area contributed by atoms with Gasteiger partial charge in [0.25, 0.3) is 0 Å². The highest BCUT2D eigenvalue weighted by Crippen LogP contribution is 2.48. The van der Waals surface area contributed by atoms with Gasteiger partial charge in [0.1, 0.15) is 23.2 Å². The Bertz CT molecular complexity index is 1020. The van der Waals surface area contributed by atoms with Crippen LogP contribution in [-0.4, -0.2) is 62.3 Å². The molecule has 3 aliphatic rings. The minimum absolute atomic E-state index is 0.0342. The first-order valence-corrected chi connectivity index (χ1v) is 11.0. The molecular weight excluding hydrogens is 404 g/mol. The van der Waals surface area contributed by atoms with Gasteiger partial charge in [-0.2, -0.15) is 5.26 Å². The minimum atomic E-state index is -0.488. The van der Waals surface area contributed by atoms with E-state index in [1.165, 1.54) is 0 Å². The molecule has 0 amide bonds. The highest BCUT2D eigenvalue weighted by molar-refractivity contribution is 6.00. The van der Waals surface area contributed by atoms with E-state index in [1.54, 1.807) is 13.4 Å². The van der Waals surface area contributed by atoms with Crippen molar-refractivity contribution in [2.75, 3.05) is 40.3 Å². The van der Waals surface area contributed by atoms with E-state index in [0.29, 0.717) is 29.7 Å². The van der Waals surface area contributed by atoms with Crippen LogP contribution in [0.4, 0.5) is 0 Å². The van der Waals surface area contributed by atoms with E-state index in [2.05, 4.69) is 41.8 Å². The van der Waals surface area contributed by atoms with Gasteiger partial charge >= 0.3 is 0 Å². The van der Waals surface area contributed by atoms with Gasteiger partial charge in [-0.15, -0.1) is 0 Å². The van der Waals surface area contributed by atoms with Crippen LogP contribution < -0.4 is 4.74 Å². The first kappa shape index (κ1) is 22.1. The Morgan fingerprint density at radius 1 is 1.19 bits per heavy atom. The van der Waals surface area contributed by atoms with E-state index < -0.39 is 5.92 Å². The summed E-state index contributed by atoms with van der Waals surface area (Å²) in [4.78, 5) is 22.2. The van der Waals surface area contributed by atoms with Crippen molar-refractivity contribution >= 4 is 12.1 Å². The number of methoxy groups -OCH3 is 1. The van der Waals surface area contributed by atoms with E-state index in [4.69, 9.17) is 9.47 Å². The number of carbonyl (C=O) groups excluding carboxylic acids is 1. The van der Waals surface area contributed by atoms with Crippen molar-refractivity contribution in [3.8, 4) is 11.8 Å². The molecule has 168 valence electrons. The molecule has 1 fully saturated rings. The Morgan fingerprint density at radius 2 is 1.88 bits per heavy atom. The van der Waals surface area contributed by atoms with Gasteiger partial charge in [-0.3, -0.25) is 4.79 Å². The predicted octanol–water partition coefficient (Wildman–Crippen LogP) is 3.46. The molecule has 0 spiro atoms. The molecule has 1 atom stereocenters. The van der Waals surface area contributed by atoms with Crippen LogP contribution >= 0.6 is 0 Å². The quantitative estimate of drug-likeness (QED) is 0.533. The lowest BCUT2D eigenvalue weighted by Gasteiger charge is -2.37. The standard InChI is InChI=1S/C25H30N4O3/c1-25(2)13-20(30)23-21(14-25)32-24(27-16-29-11-9-28(3)10-12-29)19(15-26)22(23)17-5-7-18(31-4)8-6-17/h5-8,16,22H,9-14H2,1-4H3/t22-/m1/s1. The number of nitrogens with zero attached hydrogens (tertiary/aromatic N) is 4. The second kappa shape index (κ2) is 8.79. The van der Waals surface area contributed by atoms with Crippen molar-refractivity contribution in [3.63, 3.8) is 0 Å². The summed E-state index contributed by atoms with van der Waals surface area (Å²) in [6, 6.07) is 9.82. The SMILES string of the molecule is COc1ccc([C@@H]2C(C#N)=C(N=CN3CCN(C)CC3)OC3=C2C(=O)CC(C)(C)C3)cc1. The van der Waals surface area contributed by atoms with E-state index in [1.807, 2.05) is 24.3 Å². The summed E-state index contributed by atoms with van der Waals surface area (Å²) in [6.45, 7) is 7.80. The molecule has 2 aliphatic heterocycles. The third-order valence-electron chi connectivity index (χ3n) is 6.35. The molecule has 1 aromatic rings. The van der Waals surface area contributed by atoms with Crippen LogP contribution in [0.5, 0.6) is 5.75 Å². The number of Topliss-reactive ketones (excluding diaryl/α,β-unsaturated/α-hetero) is 1. The number of hydrogen-bond acceptors (Lipinski definition) is 6. The molecule has 0 N–H and O–H groups in total. The molecule has 7 nitrogen and oxygen atoms in total. The number of ether oxygens (including phenoxy) is 2. The molecule has 2 heterocycles. The lowest BCUT2D eigenvalue weighted by Crippen LogP contribution is -2.43. The van der Waals surface area contributed by atoms with Crippen LogP contribution in [0, 0.1) is 16.7 Å². The lowest BCUT2D eigenvalue weighted by molar-refractivity contribution is -0.119.